The van der Waals surface area contributed by atoms with Crippen LogP contribution in [0.2, 0.25) is 0 Å². The highest BCUT2D eigenvalue weighted by Crippen LogP contribution is 2.26. The van der Waals surface area contributed by atoms with E-state index < -0.39 is 47.8 Å². The van der Waals surface area contributed by atoms with E-state index in [1.807, 2.05) is 0 Å². The number of rotatable bonds is 31. The molecular weight excluding hydrogens is 698 g/mol. The lowest BCUT2D eigenvalue weighted by molar-refractivity contribution is -0.174. The van der Waals surface area contributed by atoms with Crippen molar-refractivity contribution in [1.29, 1.82) is 0 Å². The van der Waals surface area contributed by atoms with E-state index in [-0.39, 0.29) is 45.2 Å². The number of hydrogen-bond donors (Lipinski definition) is 3. The lowest BCUT2D eigenvalue weighted by Gasteiger charge is -2.30. The highest BCUT2D eigenvalue weighted by molar-refractivity contribution is 5.95. The van der Waals surface area contributed by atoms with Gasteiger partial charge in [-0.2, -0.15) is 0 Å². The predicted molar refractivity (Wildman–Crippen MR) is 203 cm³/mol. The van der Waals surface area contributed by atoms with Crippen LogP contribution in [0.5, 0.6) is 5.75 Å². The Hall–Kier alpha value is -4.25. The number of benzene rings is 1. The molecule has 3 N–H and O–H groups in total. The Kier molecular flexibility index (Phi) is 25.8. The van der Waals surface area contributed by atoms with E-state index in [1.54, 1.807) is 37.3 Å². The van der Waals surface area contributed by atoms with Crippen LogP contribution in [0.3, 0.4) is 0 Å². The number of Topliss-reactive ketones (excluding diaryl/α,β-unsaturated/α-hetero) is 1. The summed E-state index contributed by atoms with van der Waals surface area (Å²) in [7, 11) is 2.83. The van der Waals surface area contributed by atoms with Crippen molar-refractivity contribution in [1.82, 2.24) is 5.32 Å². The van der Waals surface area contributed by atoms with E-state index in [2.05, 4.69) is 24.1 Å². The van der Waals surface area contributed by atoms with Crippen LogP contribution in [0.15, 0.2) is 36.4 Å². The van der Waals surface area contributed by atoms with Gasteiger partial charge in [0.1, 0.15) is 37.4 Å². The smallest absolute Gasteiger partial charge is 0.337 e. The monoisotopic (exact) mass is 759 g/mol. The zero-order chi connectivity index (χ0) is 40.0. The van der Waals surface area contributed by atoms with Crippen LogP contribution < -0.4 is 10.1 Å². The fourth-order valence-corrected chi connectivity index (χ4v) is 5.44. The zero-order valence-corrected chi connectivity index (χ0v) is 32.5. The summed E-state index contributed by atoms with van der Waals surface area (Å²) >= 11 is 0. The molecule has 0 unspecified atom stereocenters. The van der Waals surface area contributed by atoms with Gasteiger partial charge in [-0.05, 0) is 50.3 Å². The van der Waals surface area contributed by atoms with E-state index in [4.69, 9.17) is 23.7 Å². The van der Waals surface area contributed by atoms with E-state index in [0.717, 1.165) is 44.9 Å². The van der Waals surface area contributed by atoms with Gasteiger partial charge in [-0.3, -0.25) is 14.4 Å². The lowest BCUT2D eigenvalue weighted by atomic mass is 9.82. The van der Waals surface area contributed by atoms with Crippen LogP contribution in [-0.4, -0.2) is 98.7 Å². The molecule has 0 fully saturated rings. The number of carbonyl (C=O) groups is 5. The highest BCUT2D eigenvalue weighted by atomic mass is 16.6. The number of aliphatic carboxylic acids is 1. The minimum atomic E-state index is -2.92. The van der Waals surface area contributed by atoms with Gasteiger partial charge in [-0.25, -0.2) is 9.59 Å². The first kappa shape index (κ1) is 47.8. The number of carboxylic acid groups (broad SMARTS) is 1. The number of ketones is 1. The number of methoxy groups -OCH3 is 2. The quantitative estimate of drug-likeness (QED) is 0.0393. The first-order valence-electron chi connectivity index (χ1n) is 18.9. The van der Waals surface area contributed by atoms with Gasteiger partial charge in [-0.15, -0.1) is 5.92 Å². The third kappa shape index (κ3) is 20.3. The molecule has 0 aliphatic carbocycles. The van der Waals surface area contributed by atoms with Crippen molar-refractivity contribution < 1.29 is 57.9 Å². The lowest BCUT2D eigenvalue weighted by Crippen LogP contribution is -2.55. The van der Waals surface area contributed by atoms with Crippen molar-refractivity contribution in [2.75, 3.05) is 47.3 Å². The number of carbonyl (C=O) groups excluding carboxylic acids is 4. The fraction of sp³-hybridized carbons (Fsp3) is 0.634. The van der Waals surface area contributed by atoms with Crippen LogP contribution in [-0.2, 0) is 49.3 Å². The molecule has 0 spiro atoms. The second-order valence-corrected chi connectivity index (χ2v) is 13.0. The molecule has 0 bridgehead atoms. The third-order valence-corrected chi connectivity index (χ3v) is 8.58. The number of esters is 2. The van der Waals surface area contributed by atoms with Crippen LogP contribution in [0.25, 0.3) is 0 Å². The van der Waals surface area contributed by atoms with Crippen LogP contribution in [0, 0.1) is 17.8 Å². The number of nitrogens with one attached hydrogen (secondary N) is 1. The fourth-order valence-electron chi connectivity index (χ4n) is 5.44. The Balaban J connectivity index is 3.13. The van der Waals surface area contributed by atoms with Crippen LogP contribution in [0.1, 0.15) is 103 Å². The maximum Gasteiger partial charge on any atom is 0.337 e. The minimum absolute atomic E-state index is 0.0427. The van der Waals surface area contributed by atoms with Crippen LogP contribution in [0.4, 0.5) is 0 Å². The summed E-state index contributed by atoms with van der Waals surface area (Å²) in [5.74, 6) is -0.151. The zero-order valence-electron chi connectivity index (χ0n) is 32.5. The van der Waals surface area contributed by atoms with Gasteiger partial charge in [0, 0.05) is 33.5 Å². The number of hydrogen-bond acceptors (Lipinski definition) is 11. The summed E-state index contributed by atoms with van der Waals surface area (Å²) in [4.78, 5) is 64.5. The number of carboxylic acids is 1. The molecule has 3 atom stereocenters. The van der Waals surface area contributed by atoms with Crippen LogP contribution >= 0.6 is 0 Å². The molecule has 302 valence electrons. The summed E-state index contributed by atoms with van der Waals surface area (Å²) in [5, 5.41) is 24.2. The predicted octanol–water partition coefficient (Wildman–Crippen LogP) is 5.14. The Morgan fingerprint density at radius 3 is 2.06 bits per heavy atom. The number of aliphatic hydroxyl groups is 1. The van der Waals surface area contributed by atoms with Crippen molar-refractivity contribution in [2.24, 2.45) is 5.92 Å². The average Bonchev–Trinajstić information content (AvgIpc) is 3.14. The molecule has 0 saturated carbocycles. The summed E-state index contributed by atoms with van der Waals surface area (Å²) in [6.45, 7) is 3.91. The molecule has 1 aromatic carbocycles. The molecule has 0 saturated heterocycles. The molecule has 0 heterocycles. The number of unbranched alkanes of at least 4 members (excludes halogenated alkanes) is 8. The van der Waals surface area contributed by atoms with Crippen molar-refractivity contribution >= 4 is 29.6 Å². The molecule has 13 heteroatoms. The average molecular weight is 760 g/mol. The number of allylic oxidation sites excluding steroid dienone is 1. The molecule has 13 nitrogen and oxygen atoms in total. The Morgan fingerprint density at radius 1 is 0.852 bits per heavy atom. The van der Waals surface area contributed by atoms with Gasteiger partial charge in [0.15, 0.2) is 5.60 Å². The molecule has 1 aromatic rings. The largest absolute Gasteiger partial charge is 0.481 e. The van der Waals surface area contributed by atoms with Crippen molar-refractivity contribution in [3.8, 4) is 17.6 Å². The first-order chi connectivity index (χ1) is 26.0. The second-order valence-electron chi connectivity index (χ2n) is 13.0. The topological polar surface area (TPSA) is 184 Å². The second kappa shape index (κ2) is 29.2. The normalized spacial score (nSPS) is 13.2. The van der Waals surface area contributed by atoms with Crippen molar-refractivity contribution in [3.05, 3.63) is 42.0 Å². The molecule has 0 aliphatic heterocycles. The summed E-state index contributed by atoms with van der Waals surface area (Å²) in [6, 6.07) is 5.45. The van der Waals surface area contributed by atoms with Gasteiger partial charge in [0.25, 0.3) is 0 Å². The Labute approximate surface area is 320 Å². The van der Waals surface area contributed by atoms with Gasteiger partial charge < -0.3 is 39.2 Å². The summed E-state index contributed by atoms with van der Waals surface area (Å²) in [5.41, 5.74) is -2.30. The third-order valence-electron chi connectivity index (χ3n) is 8.58. The Bertz CT molecular complexity index is 1350. The number of amides is 1. The highest BCUT2D eigenvalue weighted by Gasteiger charge is 2.49. The Morgan fingerprint density at radius 2 is 1.46 bits per heavy atom. The minimum Gasteiger partial charge on any atom is -0.481 e. The number of ether oxygens (including phenoxy) is 5. The molecule has 1 amide bonds. The summed E-state index contributed by atoms with van der Waals surface area (Å²) < 4.78 is 25.7. The maximum atomic E-state index is 13.9. The van der Waals surface area contributed by atoms with Crippen molar-refractivity contribution in [3.63, 3.8) is 0 Å². The van der Waals surface area contributed by atoms with Gasteiger partial charge >= 0.3 is 17.9 Å². The SMILES string of the molecule is CC#CCOc1ccc(C[C@H](NC(=O)[C@@H](C=CCCCCCCC(=O)CCCCCCC)[C@@](O)(CC(=O)OCCOC)C(=O)O)C(=O)OCCOC)cc1. The molecule has 0 radical (unpaired) electrons. The van der Waals surface area contributed by atoms with E-state index in [1.165, 1.54) is 26.7 Å². The maximum absolute atomic E-state index is 13.9. The molecule has 54 heavy (non-hydrogen) atoms. The van der Waals surface area contributed by atoms with E-state index in [0.29, 0.717) is 37.0 Å². The van der Waals surface area contributed by atoms with E-state index in [9.17, 15) is 34.2 Å². The molecule has 0 aliphatic rings. The van der Waals surface area contributed by atoms with Gasteiger partial charge in [-0.1, -0.05) is 75.7 Å². The van der Waals surface area contributed by atoms with E-state index >= 15 is 0 Å². The molecular formula is C41H61NO12. The van der Waals surface area contributed by atoms with Gasteiger partial charge in [0.05, 0.1) is 25.6 Å². The molecule has 1 rings (SSSR count). The van der Waals surface area contributed by atoms with Gasteiger partial charge in [0.2, 0.25) is 5.91 Å². The molecule has 0 aromatic heterocycles. The standard InChI is InChI=1S/C41H61NO12/c1-5-7-9-12-15-18-33(43)19-16-13-10-11-14-17-20-35(41(49,40(47)48)31-37(44)53-28-26-50-3)38(45)42-36(39(46)54-29-27-51-4)30-32-21-23-34(24-22-32)52-25-8-6-2/h17,20-24,35-36,49H,5,7,9-16,18-19,25-31H2,1-4H3,(H,42,45)(H,47,48)/t35-,36+,41+/m1/s1. The first-order valence-corrected chi connectivity index (χ1v) is 18.9. The summed E-state index contributed by atoms with van der Waals surface area (Å²) in [6.07, 6.45) is 11.9. The van der Waals surface area contributed by atoms with Crippen molar-refractivity contribution in [2.45, 2.75) is 115 Å².